The molecule has 0 N–H and O–H groups in total. The maximum atomic E-state index is 11.7. The van der Waals surface area contributed by atoms with Gasteiger partial charge in [0.1, 0.15) is 11.3 Å². The van der Waals surface area contributed by atoms with Crippen LogP contribution in [0, 0.1) is 12.3 Å². The molecule has 1 heterocycles. The van der Waals surface area contributed by atoms with Crippen LogP contribution in [0.15, 0.2) is 33.5 Å². The van der Waals surface area contributed by atoms with Crippen LogP contribution in [0.2, 0.25) is 0 Å². The Labute approximate surface area is 139 Å². The van der Waals surface area contributed by atoms with Gasteiger partial charge in [-0.15, -0.1) is 0 Å². The highest BCUT2D eigenvalue weighted by atomic mass is 16.6. The van der Waals surface area contributed by atoms with E-state index < -0.39 is 17.0 Å². The number of carbonyl (C=O) groups excluding carboxylic acids is 2. The number of aryl methyl sites for hydroxylation is 1. The molecule has 0 saturated carbocycles. The SMILES string of the molecule is Cc1cc(=O)oc2cc(OCC(=O)OCC(=O)C(C)(C)C)ccc12. The quantitative estimate of drug-likeness (QED) is 0.618. The maximum Gasteiger partial charge on any atom is 0.344 e. The summed E-state index contributed by atoms with van der Waals surface area (Å²) >= 11 is 0. The van der Waals surface area contributed by atoms with Crippen LogP contribution in [0.25, 0.3) is 11.0 Å². The van der Waals surface area contributed by atoms with Crippen molar-refractivity contribution in [3.05, 3.63) is 40.2 Å². The molecule has 0 bridgehead atoms. The molecule has 0 unspecified atom stereocenters. The van der Waals surface area contributed by atoms with Crippen molar-refractivity contribution < 1.29 is 23.5 Å². The minimum atomic E-state index is -0.640. The van der Waals surface area contributed by atoms with E-state index in [0.717, 1.165) is 10.9 Å². The van der Waals surface area contributed by atoms with Crippen molar-refractivity contribution in [2.45, 2.75) is 27.7 Å². The van der Waals surface area contributed by atoms with Gasteiger partial charge in [0.25, 0.3) is 0 Å². The number of hydrogen-bond donors (Lipinski definition) is 0. The molecule has 0 fully saturated rings. The van der Waals surface area contributed by atoms with E-state index in [9.17, 15) is 14.4 Å². The summed E-state index contributed by atoms with van der Waals surface area (Å²) in [6.07, 6.45) is 0. The Hall–Kier alpha value is -2.63. The Morgan fingerprint density at radius 1 is 1.12 bits per heavy atom. The molecule has 6 nitrogen and oxygen atoms in total. The zero-order valence-corrected chi connectivity index (χ0v) is 14.2. The van der Waals surface area contributed by atoms with Gasteiger partial charge in [0, 0.05) is 22.9 Å². The Morgan fingerprint density at radius 3 is 2.50 bits per heavy atom. The maximum absolute atomic E-state index is 11.7. The Bertz CT molecular complexity index is 825. The number of rotatable bonds is 5. The fourth-order valence-electron chi connectivity index (χ4n) is 1.94. The molecule has 0 atom stereocenters. The van der Waals surface area contributed by atoms with E-state index in [0.29, 0.717) is 11.3 Å². The van der Waals surface area contributed by atoms with Gasteiger partial charge in [0.2, 0.25) is 0 Å². The van der Waals surface area contributed by atoms with Gasteiger partial charge >= 0.3 is 11.6 Å². The summed E-state index contributed by atoms with van der Waals surface area (Å²) in [5.41, 5.74) is 0.174. The van der Waals surface area contributed by atoms with Crippen LogP contribution >= 0.6 is 0 Å². The number of esters is 1. The molecule has 0 aliphatic carbocycles. The Balaban J connectivity index is 1.97. The van der Waals surface area contributed by atoms with Crippen molar-refractivity contribution >= 4 is 22.7 Å². The summed E-state index contributed by atoms with van der Waals surface area (Å²) in [6.45, 7) is 6.46. The van der Waals surface area contributed by atoms with E-state index in [1.807, 2.05) is 6.92 Å². The van der Waals surface area contributed by atoms with Crippen molar-refractivity contribution in [3.8, 4) is 5.75 Å². The van der Waals surface area contributed by atoms with Gasteiger partial charge in [-0.25, -0.2) is 9.59 Å². The van der Waals surface area contributed by atoms with Crippen LogP contribution in [0.1, 0.15) is 26.3 Å². The lowest BCUT2D eigenvalue weighted by Gasteiger charge is -2.16. The molecule has 1 aromatic carbocycles. The zero-order chi connectivity index (χ0) is 17.9. The third kappa shape index (κ3) is 4.44. The lowest BCUT2D eigenvalue weighted by atomic mass is 9.91. The lowest BCUT2D eigenvalue weighted by molar-refractivity contribution is -0.151. The second-order valence-electron chi connectivity index (χ2n) is 6.53. The van der Waals surface area contributed by atoms with Gasteiger partial charge in [-0.05, 0) is 24.6 Å². The van der Waals surface area contributed by atoms with Gasteiger partial charge in [-0.3, -0.25) is 4.79 Å². The predicted octanol–water partition coefficient (Wildman–Crippen LogP) is 2.64. The number of ketones is 1. The Morgan fingerprint density at radius 2 is 1.83 bits per heavy atom. The topological polar surface area (TPSA) is 82.8 Å². The molecule has 2 aromatic rings. The number of benzene rings is 1. The van der Waals surface area contributed by atoms with E-state index in [4.69, 9.17) is 13.9 Å². The molecular formula is C18H20O6. The number of ether oxygens (including phenoxy) is 2. The van der Waals surface area contributed by atoms with Crippen molar-refractivity contribution in [3.63, 3.8) is 0 Å². The highest BCUT2D eigenvalue weighted by molar-refractivity contribution is 5.86. The molecule has 1 aromatic heterocycles. The minimum Gasteiger partial charge on any atom is -0.482 e. The van der Waals surface area contributed by atoms with E-state index in [2.05, 4.69) is 0 Å². The summed E-state index contributed by atoms with van der Waals surface area (Å²) in [5.74, 6) is -0.437. The number of fused-ring (bicyclic) bond motifs is 1. The van der Waals surface area contributed by atoms with Crippen LogP contribution in [0.3, 0.4) is 0 Å². The lowest BCUT2D eigenvalue weighted by Crippen LogP contribution is -2.27. The molecule has 2 rings (SSSR count). The van der Waals surface area contributed by atoms with E-state index in [-0.39, 0.29) is 19.0 Å². The molecule has 0 spiro atoms. The van der Waals surface area contributed by atoms with Crippen LogP contribution in [0.4, 0.5) is 0 Å². The molecule has 0 aliphatic rings. The molecule has 128 valence electrons. The summed E-state index contributed by atoms with van der Waals surface area (Å²) in [5, 5.41) is 0.792. The summed E-state index contributed by atoms with van der Waals surface area (Å²) in [7, 11) is 0. The van der Waals surface area contributed by atoms with Gasteiger partial charge in [-0.1, -0.05) is 20.8 Å². The standard InChI is InChI=1S/C18H20O6/c1-11-7-16(20)24-14-8-12(5-6-13(11)14)22-10-17(21)23-9-15(19)18(2,3)4/h5-8H,9-10H2,1-4H3. The molecule has 0 aliphatic heterocycles. The van der Waals surface area contributed by atoms with E-state index in [1.54, 1.807) is 32.9 Å². The first-order chi connectivity index (χ1) is 11.2. The molecule has 0 amide bonds. The van der Waals surface area contributed by atoms with Crippen molar-refractivity contribution in [2.75, 3.05) is 13.2 Å². The summed E-state index contributed by atoms with van der Waals surface area (Å²) in [6, 6.07) is 6.37. The van der Waals surface area contributed by atoms with Crippen LogP contribution in [-0.2, 0) is 14.3 Å². The smallest absolute Gasteiger partial charge is 0.344 e. The molecule has 24 heavy (non-hydrogen) atoms. The second-order valence-corrected chi connectivity index (χ2v) is 6.53. The zero-order valence-electron chi connectivity index (χ0n) is 14.2. The fourth-order valence-corrected chi connectivity index (χ4v) is 1.94. The first-order valence-corrected chi connectivity index (χ1v) is 7.53. The first-order valence-electron chi connectivity index (χ1n) is 7.53. The highest BCUT2D eigenvalue weighted by Gasteiger charge is 2.22. The third-order valence-corrected chi connectivity index (χ3v) is 3.48. The van der Waals surface area contributed by atoms with Crippen LogP contribution in [-0.4, -0.2) is 25.0 Å². The summed E-state index contributed by atoms with van der Waals surface area (Å²) in [4.78, 5) is 34.7. The molecular weight excluding hydrogens is 312 g/mol. The van der Waals surface area contributed by atoms with E-state index in [1.165, 1.54) is 12.1 Å². The van der Waals surface area contributed by atoms with Crippen molar-refractivity contribution in [1.82, 2.24) is 0 Å². The average Bonchev–Trinajstić information content (AvgIpc) is 2.48. The monoisotopic (exact) mass is 332 g/mol. The fraction of sp³-hybridized carbons (Fsp3) is 0.389. The molecule has 0 saturated heterocycles. The average molecular weight is 332 g/mol. The van der Waals surface area contributed by atoms with Crippen LogP contribution < -0.4 is 10.4 Å². The number of Topliss-reactive ketones (excluding diaryl/α,β-unsaturated/α-hetero) is 1. The van der Waals surface area contributed by atoms with Gasteiger partial charge in [0.05, 0.1) is 0 Å². The second kappa shape index (κ2) is 6.86. The largest absolute Gasteiger partial charge is 0.482 e. The molecule has 6 heteroatoms. The van der Waals surface area contributed by atoms with Crippen molar-refractivity contribution in [2.24, 2.45) is 5.41 Å². The first kappa shape index (κ1) is 17.7. The van der Waals surface area contributed by atoms with Gasteiger partial charge < -0.3 is 13.9 Å². The van der Waals surface area contributed by atoms with Crippen molar-refractivity contribution in [1.29, 1.82) is 0 Å². The third-order valence-electron chi connectivity index (χ3n) is 3.48. The summed E-state index contributed by atoms with van der Waals surface area (Å²) < 4.78 is 15.3. The highest BCUT2D eigenvalue weighted by Crippen LogP contribution is 2.22. The van der Waals surface area contributed by atoms with Gasteiger partial charge in [0.15, 0.2) is 19.0 Å². The van der Waals surface area contributed by atoms with E-state index >= 15 is 0 Å². The predicted molar refractivity (Wildman–Crippen MR) is 88.1 cm³/mol. The normalized spacial score (nSPS) is 11.3. The number of carbonyl (C=O) groups is 2. The molecule has 0 radical (unpaired) electrons. The van der Waals surface area contributed by atoms with Gasteiger partial charge in [-0.2, -0.15) is 0 Å². The number of hydrogen-bond acceptors (Lipinski definition) is 6. The Kier molecular flexibility index (Phi) is 5.07. The van der Waals surface area contributed by atoms with Crippen LogP contribution in [0.5, 0.6) is 5.75 Å². The minimum absolute atomic E-state index is 0.168.